The molecule has 1 aliphatic rings. The van der Waals surface area contributed by atoms with Crippen LogP contribution in [0.3, 0.4) is 0 Å². The fraction of sp³-hybridized carbons (Fsp3) is 0.400. The van der Waals surface area contributed by atoms with E-state index in [1.54, 1.807) is 12.3 Å². The second kappa shape index (κ2) is 4.15. The van der Waals surface area contributed by atoms with Gasteiger partial charge in [-0.25, -0.2) is 9.37 Å². The Morgan fingerprint density at radius 3 is 3.07 bits per heavy atom. The van der Waals surface area contributed by atoms with Gasteiger partial charge >= 0.3 is 0 Å². The highest BCUT2D eigenvalue weighted by molar-refractivity contribution is 9.10. The van der Waals surface area contributed by atoms with Crippen LogP contribution in [-0.2, 0) is 0 Å². The molecule has 1 aliphatic heterocycles. The number of pyridine rings is 1. The Bertz CT molecular complexity index is 416. The average Bonchev–Trinajstić information content (AvgIpc) is 2.64. The van der Waals surface area contributed by atoms with E-state index in [9.17, 15) is 4.39 Å². The van der Waals surface area contributed by atoms with Gasteiger partial charge in [-0.3, -0.25) is 0 Å². The van der Waals surface area contributed by atoms with Crippen LogP contribution in [0.2, 0.25) is 0 Å². The molecule has 0 aliphatic carbocycles. The third kappa shape index (κ3) is 2.10. The van der Waals surface area contributed by atoms with Gasteiger partial charge in [0.05, 0.1) is 12.1 Å². The van der Waals surface area contributed by atoms with Crippen molar-refractivity contribution in [1.29, 1.82) is 5.26 Å². The molecule has 2 rings (SSSR count). The van der Waals surface area contributed by atoms with E-state index in [1.165, 1.54) is 0 Å². The quantitative estimate of drug-likeness (QED) is 0.785. The minimum Gasteiger partial charge on any atom is -0.352 e. The number of aromatic nitrogens is 1. The first-order chi connectivity index (χ1) is 7.20. The Morgan fingerprint density at radius 2 is 2.47 bits per heavy atom. The van der Waals surface area contributed by atoms with Gasteiger partial charge in [-0.15, -0.1) is 0 Å². The van der Waals surface area contributed by atoms with Gasteiger partial charge in [-0.05, 0) is 28.4 Å². The predicted octanol–water partition coefficient (Wildman–Crippen LogP) is 2.26. The zero-order valence-electron chi connectivity index (χ0n) is 7.95. The summed E-state index contributed by atoms with van der Waals surface area (Å²) in [5.74, 6) is 0.584. The number of nitrogens with zero attached hydrogens (tertiary/aromatic N) is 3. The van der Waals surface area contributed by atoms with Crippen molar-refractivity contribution in [3.8, 4) is 6.07 Å². The molecule has 1 saturated heterocycles. The second-order valence-corrected chi connectivity index (χ2v) is 4.38. The second-order valence-electron chi connectivity index (χ2n) is 3.47. The SMILES string of the molecule is N#Cc1cc(Br)cnc1N1CCC(F)C1. The van der Waals surface area contributed by atoms with Crippen molar-refractivity contribution in [2.75, 3.05) is 18.0 Å². The van der Waals surface area contributed by atoms with E-state index in [0.29, 0.717) is 30.9 Å². The maximum absolute atomic E-state index is 13.0. The molecule has 0 spiro atoms. The number of halogens is 2. The molecule has 1 atom stereocenters. The molecule has 0 bridgehead atoms. The molecule has 1 aromatic rings. The van der Waals surface area contributed by atoms with E-state index in [0.717, 1.165) is 4.47 Å². The standard InChI is InChI=1S/C10H9BrFN3/c11-8-3-7(4-13)10(14-5-8)15-2-1-9(12)6-15/h3,5,9H,1-2,6H2. The minimum atomic E-state index is -0.804. The Kier molecular flexibility index (Phi) is 2.87. The maximum atomic E-state index is 13.0. The summed E-state index contributed by atoms with van der Waals surface area (Å²) in [6.07, 6.45) is 1.34. The number of rotatable bonds is 1. The van der Waals surface area contributed by atoms with Crippen LogP contribution in [0.25, 0.3) is 0 Å². The molecule has 0 saturated carbocycles. The van der Waals surface area contributed by atoms with Gasteiger partial charge in [0, 0.05) is 17.2 Å². The van der Waals surface area contributed by atoms with Crippen molar-refractivity contribution in [3.63, 3.8) is 0 Å². The fourth-order valence-electron chi connectivity index (χ4n) is 1.68. The Labute approximate surface area is 95.7 Å². The zero-order chi connectivity index (χ0) is 10.8. The van der Waals surface area contributed by atoms with Crippen LogP contribution in [0.5, 0.6) is 0 Å². The predicted molar refractivity (Wildman–Crippen MR) is 58.4 cm³/mol. The summed E-state index contributed by atoms with van der Waals surface area (Å²) in [5.41, 5.74) is 0.485. The van der Waals surface area contributed by atoms with Crippen molar-refractivity contribution in [3.05, 3.63) is 22.3 Å². The lowest BCUT2D eigenvalue weighted by atomic mass is 10.2. The minimum absolute atomic E-state index is 0.337. The Balaban J connectivity index is 2.32. The summed E-state index contributed by atoms with van der Waals surface area (Å²) in [6, 6.07) is 3.77. The molecule has 1 fully saturated rings. The summed E-state index contributed by atoms with van der Waals surface area (Å²) in [4.78, 5) is 5.97. The molecule has 15 heavy (non-hydrogen) atoms. The number of hydrogen-bond donors (Lipinski definition) is 0. The van der Waals surface area contributed by atoms with Crippen LogP contribution >= 0.6 is 15.9 Å². The largest absolute Gasteiger partial charge is 0.352 e. The molecule has 0 aromatic carbocycles. The lowest BCUT2D eigenvalue weighted by Crippen LogP contribution is -2.22. The summed E-state index contributed by atoms with van der Waals surface area (Å²) in [7, 11) is 0. The molecule has 3 nitrogen and oxygen atoms in total. The van der Waals surface area contributed by atoms with E-state index >= 15 is 0 Å². The summed E-state index contributed by atoms with van der Waals surface area (Å²) in [6.45, 7) is 0.966. The van der Waals surface area contributed by atoms with Crippen molar-refractivity contribution >= 4 is 21.7 Å². The van der Waals surface area contributed by atoms with Gasteiger partial charge in [-0.1, -0.05) is 0 Å². The third-order valence-corrected chi connectivity index (χ3v) is 2.82. The smallest absolute Gasteiger partial charge is 0.146 e. The Morgan fingerprint density at radius 1 is 1.67 bits per heavy atom. The van der Waals surface area contributed by atoms with Gasteiger partial charge in [0.15, 0.2) is 0 Å². The van der Waals surface area contributed by atoms with Crippen LogP contribution < -0.4 is 4.90 Å². The fourth-order valence-corrected chi connectivity index (χ4v) is 2.01. The van der Waals surface area contributed by atoms with Gasteiger partial charge in [0.25, 0.3) is 0 Å². The molecule has 1 unspecified atom stereocenters. The van der Waals surface area contributed by atoms with Gasteiger partial charge in [0.2, 0.25) is 0 Å². The lowest BCUT2D eigenvalue weighted by Gasteiger charge is -2.17. The highest BCUT2D eigenvalue weighted by atomic mass is 79.9. The number of alkyl halides is 1. The van der Waals surface area contributed by atoms with Crippen LogP contribution in [0.15, 0.2) is 16.7 Å². The highest BCUT2D eigenvalue weighted by Gasteiger charge is 2.24. The van der Waals surface area contributed by atoms with Crippen LogP contribution in [0, 0.1) is 11.3 Å². The molecule has 0 N–H and O–H groups in total. The number of hydrogen-bond acceptors (Lipinski definition) is 3. The molecule has 2 heterocycles. The van der Waals surface area contributed by atoms with Gasteiger partial charge in [-0.2, -0.15) is 5.26 Å². The number of anilines is 1. The van der Waals surface area contributed by atoms with E-state index < -0.39 is 6.17 Å². The van der Waals surface area contributed by atoms with Crippen molar-refractivity contribution in [1.82, 2.24) is 4.98 Å². The van der Waals surface area contributed by atoms with Gasteiger partial charge < -0.3 is 4.90 Å². The first-order valence-corrected chi connectivity index (χ1v) is 5.44. The lowest BCUT2D eigenvalue weighted by molar-refractivity contribution is 0.364. The topological polar surface area (TPSA) is 39.9 Å². The molecular formula is C10H9BrFN3. The van der Waals surface area contributed by atoms with Crippen LogP contribution in [-0.4, -0.2) is 24.2 Å². The monoisotopic (exact) mass is 269 g/mol. The first-order valence-electron chi connectivity index (χ1n) is 4.65. The van der Waals surface area contributed by atoms with Crippen LogP contribution in [0.1, 0.15) is 12.0 Å². The van der Waals surface area contributed by atoms with E-state index in [4.69, 9.17) is 5.26 Å². The molecule has 0 radical (unpaired) electrons. The number of nitriles is 1. The normalized spacial score (nSPS) is 20.3. The van der Waals surface area contributed by atoms with Crippen LogP contribution in [0.4, 0.5) is 10.2 Å². The molecular weight excluding hydrogens is 261 g/mol. The third-order valence-electron chi connectivity index (χ3n) is 2.38. The van der Waals surface area contributed by atoms with E-state index in [-0.39, 0.29) is 0 Å². The van der Waals surface area contributed by atoms with E-state index in [1.807, 2.05) is 4.90 Å². The van der Waals surface area contributed by atoms with Gasteiger partial charge in [0.1, 0.15) is 18.1 Å². The van der Waals surface area contributed by atoms with E-state index in [2.05, 4.69) is 27.0 Å². The summed E-state index contributed by atoms with van der Waals surface area (Å²) >= 11 is 3.25. The molecule has 1 aromatic heterocycles. The molecule has 0 amide bonds. The summed E-state index contributed by atoms with van der Waals surface area (Å²) < 4.78 is 13.8. The molecule has 5 heteroatoms. The summed E-state index contributed by atoms with van der Waals surface area (Å²) in [5, 5.41) is 8.94. The molecule has 78 valence electrons. The van der Waals surface area contributed by atoms with Crippen molar-refractivity contribution in [2.45, 2.75) is 12.6 Å². The highest BCUT2D eigenvalue weighted by Crippen LogP contribution is 2.25. The maximum Gasteiger partial charge on any atom is 0.146 e. The first kappa shape index (κ1) is 10.4. The zero-order valence-corrected chi connectivity index (χ0v) is 9.54. The average molecular weight is 270 g/mol. The Hall–Kier alpha value is -1.15. The van der Waals surface area contributed by atoms with Crippen molar-refractivity contribution < 1.29 is 4.39 Å². The van der Waals surface area contributed by atoms with Crippen molar-refractivity contribution in [2.24, 2.45) is 0 Å².